The fourth-order valence-electron chi connectivity index (χ4n) is 2.53. The van der Waals surface area contributed by atoms with Crippen molar-refractivity contribution in [3.05, 3.63) is 28.8 Å². The van der Waals surface area contributed by atoms with Crippen LogP contribution in [0, 0.1) is 13.8 Å². The Hall–Kier alpha value is -1.55. The fraction of sp³-hybridized carbons (Fsp3) is 0.588. The zero-order chi connectivity index (χ0) is 15.6. The number of aryl methyl sites for hydroxylation is 2. The Kier molecular flexibility index (Phi) is 4.57. The lowest BCUT2D eigenvalue weighted by Crippen LogP contribution is -2.46. The van der Waals surface area contributed by atoms with Gasteiger partial charge in [-0.25, -0.2) is 0 Å². The van der Waals surface area contributed by atoms with Gasteiger partial charge in [0.15, 0.2) is 6.10 Å². The van der Waals surface area contributed by atoms with Crippen molar-refractivity contribution in [3.8, 4) is 5.75 Å². The molecule has 1 unspecified atom stereocenters. The first-order valence-corrected chi connectivity index (χ1v) is 7.65. The second kappa shape index (κ2) is 6.06. The van der Waals surface area contributed by atoms with Crippen molar-refractivity contribution in [1.82, 2.24) is 5.32 Å². The third-order valence-electron chi connectivity index (χ3n) is 4.55. The Morgan fingerprint density at radius 2 is 1.95 bits per heavy atom. The van der Waals surface area contributed by atoms with Gasteiger partial charge in [0, 0.05) is 13.0 Å². The van der Waals surface area contributed by atoms with Crippen LogP contribution in [-0.4, -0.2) is 29.3 Å². The number of hydrogen-bond donors (Lipinski definition) is 2. The molecule has 1 aromatic carbocycles. The van der Waals surface area contributed by atoms with Gasteiger partial charge in [0.1, 0.15) is 5.75 Å². The van der Waals surface area contributed by atoms with E-state index < -0.39 is 11.7 Å². The van der Waals surface area contributed by atoms with Gasteiger partial charge in [0.2, 0.25) is 0 Å². The summed E-state index contributed by atoms with van der Waals surface area (Å²) in [6.45, 7) is 8.21. The van der Waals surface area contributed by atoms with E-state index in [9.17, 15) is 9.90 Å². The first kappa shape index (κ1) is 15.8. The van der Waals surface area contributed by atoms with Crippen LogP contribution in [0.3, 0.4) is 0 Å². The van der Waals surface area contributed by atoms with Crippen molar-refractivity contribution >= 4 is 5.91 Å². The van der Waals surface area contributed by atoms with Gasteiger partial charge in [-0.15, -0.1) is 0 Å². The Balaban J connectivity index is 1.98. The smallest absolute Gasteiger partial charge is 0.261 e. The van der Waals surface area contributed by atoms with Gasteiger partial charge in [0.25, 0.3) is 5.91 Å². The standard InChI is InChI=1S/C17H25NO3/c1-5-17(20,6-2)10-18-16(19)15-9-13-7-11(3)12(4)8-14(13)21-15/h7-8,15,20H,5-6,9-10H2,1-4H3,(H,18,19). The van der Waals surface area contributed by atoms with Crippen molar-refractivity contribution in [1.29, 1.82) is 0 Å². The van der Waals surface area contributed by atoms with E-state index in [2.05, 4.69) is 18.3 Å². The van der Waals surface area contributed by atoms with Crippen molar-refractivity contribution in [2.45, 2.75) is 58.7 Å². The number of rotatable bonds is 5. The Morgan fingerprint density at radius 3 is 2.57 bits per heavy atom. The molecule has 4 heteroatoms. The summed E-state index contributed by atoms with van der Waals surface area (Å²) in [6, 6.07) is 4.08. The third kappa shape index (κ3) is 3.38. The van der Waals surface area contributed by atoms with Crippen molar-refractivity contribution in [2.24, 2.45) is 0 Å². The molecule has 0 saturated heterocycles. The maximum absolute atomic E-state index is 12.2. The summed E-state index contributed by atoms with van der Waals surface area (Å²) < 4.78 is 5.74. The monoisotopic (exact) mass is 291 g/mol. The van der Waals surface area contributed by atoms with E-state index >= 15 is 0 Å². The number of benzene rings is 1. The Labute approximate surface area is 126 Å². The van der Waals surface area contributed by atoms with Gasteiger partial charge in [0.05, 0.1) is 5.60 Å². The lowest BCUT2D eigenvalue weighted by atomic mass is 9.97. The topological polar surface area (TPSA) is 58.6 Å². The minimum absolute atomic E-state index is 0.151. The number of aliphatic hydroxyl groups is 1. The van der Waals surface area contributed by atoms with E-state index in [1.807, 2.05) is 26.8 Å². The van der Waals surface area contributed by atoms with E-state index in [-0.39, 0.29) is 12.5 Å². The normalized spacial score (nSPS) is 17.3. The summed E-state index contributed by atoms with van der Waals surface area (Å²) in [5.41, 5.74) is 2.64. The molecule has 1 atom stereocenters. The van der Waals surface area contributed by atoms with Crippen molar-refractivity contribution in [2.75, 3.05) is 6.54 Å². The Bertz CT molecular complexity index is 504. The van der Waals surface area contributed by atoms with E-state index in [0.717, 1.165) is 11.3 Å². The molecule has 0 spiro atoms. The molecule has 1 amide bonds. The van der Waals surface area contributed by atoms with E-state index in [1.165, 1.54) is 11.1 Å². The van der Waals surface area contributed by atoms with Gasteiger partial charge in [-0.1, -0.05) is 19.9 Å². The average molecular weight is 291 g/mol. The molecule has 0 saturated carbocycles. The molecule has 1 aliphatic heterocycles. The van der Waals surface area contributed by atoms with Crippen molar-refractivity contribution < 1.29 is 14.6 Å². The van der Waals surface area contributed by atoms with E-state index in [0.29, 0.717) is 19.3 Å². The molecular weight excluding hydrogens is 266 g/mol. The summed E-state index contributed by atoms with van der Waals surface area (Å²) in [6.07, 6.45) is 1.35. The summed E-state index contributed by atoms with van der Waals surface area (Å²) in [5, 5.41) is 13.0. The molecule has 0 fully saturated rings. The number of hydrogen-bond acceptors (Lipinski definition) is 3. The zero-order valence-corrected chi connectivity index (χ0v) is 13.3. The molecule has 0 radical (unpaired) electrons. The van der Waals surface area contributed by atoms with E-state index in [1.54, 1.807) is 0 Å². The highest BCUT2D eigenvalue weighted by Crippen LogP contribution is 2.31. The largest absolute Gasteiger partial charge is 0.480 e. The molecule has 0 bridgehead atoms. The van der Waals surface area contributed by atoms with Gasteiger partial charge >= 0.3 is 0 Å². The number of fused-ring (bicyclic) bond motifs is 1. The number of amides is 1. The van der Waals surface area contributed by atoms with Crippen LogP contribution in [0.25, 0.3) is 0 Å². The summed E-state index contributed by atoms with van der Waals surface area (Å²) in [4.78, 5) is 12.2. The van der Waals surface area contributed by atoms with Crippen LogP contribution < -0.4 is 10.1 Å². The SMILES string of the molecule is CCC(O)(CC)CNC(=O)C1Cc2cc(C)c(C)cc2O1. The van der Waals surface area contributed by atoms with E-state index in [4.69, 9.17) is 4.74 Å². The molecule has 2 rings (SSSR count). The lowest BCUT2D eigenvalue weighted by molar-refractivity contribution is -0.128. The minimum atomic E-state index is -0.825. The number of ether oxygens (including phenoxy) is 1. The molecule has 1 aromatic rings. The van der Waals surface area contributed by atoms with Crippen LogP contribution in [0.4, 0.5) is 0 Å². The van der Waals surface area contributed by atoms with Crippen molar-refractivity contribution in [3.63, 3.8) is 0 Å². The molecule has 0 aromatic heterocycles. The van der Waals surface area contributed by atoms with Crippen LogP contribution in [0.15, 0.2) is 12.1 Å². The van der Waals surface area contributed by atoms with Crippen LogP contribution in [-0.2, 0) is 11.2 Å². The zero-order valence-electron chi connectivity index (χ0n) is 13.3. The Morgan fingerprint density at radius 1 is 1.33 bits per heavy atom. The second-order valence-electron chi connectivity index (χ2n) is 6.00. The second-order valence-corrected chi connectivity index (χ2v) is 6.00. The molecule has 0 aliphatic carbocycles. The van der Waals surface area contributed by atoms with Crippen LogP contribution in [0.2, 0.25) is 0 Å². The highest BCUT2D eigenvalue weighted by atomic mass is 16.5. The highest BCUT2D eigenvalue weighted by Gasteiger charge is 2.31. The highest BCUT2D eigenvalue weighted by molar-refractivity contribution is 5.82. The van der Waals surface area contributed by atoms with Gasteiger partial charge in [-0.2, -0.15) is 0 Å². The predicted molar refractivity (Wildman–Crippen MR) is 82.6 cm³/mol. The summed E-state index contributed by atoms with van der Waals surface area (Å²) in [7, 11) is 0. The summed E-state index contributed by atoms with van der Waals surface area (Å²) >= 11 is 0. The van der Waals surface area contributed by atoms with Crippen LogP contribution in [0.1, 0.15) is 43.4 Å². The molecular formula is C17H25NO3. The lowest BCUT2D eigenvalue weighted by Gasteiger charge is -2.26. The van der Waals surface area contributed by atoms with Crippen LogP contribution in [0.5, 0.6) is 5.75 Å². The third-order valence-corrected chi connectivity index (χ3v) is 4.55. The molecule has 21 heavy (non-hydrogen) atoms. The molecule has 2 N–H and O–H groups in total. The number of carbonyl (C=O) groups is 1. The quantitative estimate of drug-likeness (QED) is 0.875. The van der Waals surface area contributed by atoms with Gasteiger partial charge < -0.3 is 15.2 Å². The predicted octanol–water partition coefficient (Wildman–Crippen LogP) is 2.27. The van der Waals surface area contributed by atoms with Gasteiger partial charge in [-0.3, -0.25) is 4.79 Å². The summed E-state index contributed by atoms with van der Waals surface area (Å²) in [5.74, 6) is 0.654. The van der Waals surface area contributed by atoms with Crippen LogP contribution >= 0.6 is 0 Å². The molecule has 1 heterocycles. The first-order valence-electron chi connectivity index (χ1n) is 7.65. The molecule has 116 valence electrons. The molecule has 4 nitrogen and oxygen atoms in total. The maximum Gasteiger partial charge on any atom is 0.261 e. The minimum Gasteiger partial charge on any atom is -0.480 e. The fourth-order valence-corrected chi connectivity index (χ4v) is 2.53. The number of nitrogens with one attached hydrogen (secondary N) is 1. The average Bonchev–Trinajstić information content (AvgIpc) is 2.87. The molecule has 1 aliphatic rings. The first-order chi connectivity index (χ1) is 9.88. The maximum atomic E-state index is 12.2. The van der Waals surface area contributed by atoms with Gasteiger partial charge in [-0.05, 0) is 49.4 Å². The number of carbonyl (C=O) groups excluding carboxylic acids is 1.